The summed E-state index contributed by atoms with van der Waals surface area (Å²) in [6, 6.07) is 3.76. The molecule has 19 heavy (non-hydrogen) atoms. The lowest BCUT2D eigenvalue weighted by Gasteiger charge is -2.19. The first-order valence-electron chi connectivity index (χ1n) is 6.51. The van der Waals surface area contributed by atoms with Crippen LogP contribution in [0.15, 0.2) is 12.1 Å². The van der Waals surface area contributed by atoms with Crippen molar-refractivity contribution in [1.82, 2.24) is 0 Å². The first-order valence-corrected chi connectivity index (χ1v) is 6.51. The van der Waals surface area contributed by atoms with Crippen LogP contribution in [0.5, 0.6) is 11.5 Å². The minimum atomic E-state index is -0.677. The molecule has 100 valence electrons. The lowest BCUT2D eigenvalue weighted by atomic mass is 9.87. The van der Waals surface area contributed by atoms with Gasteiger partial charge in [0.1, 0.15) is 0 Å². The Bertz CT molecular complexity index is 553. The van der Waals surface area contributed by atoms with Gasteiger partial charge >= 0.3 is 5.97 Å². The third-order valence-corrected chi connectivity index (χ3v) is 4.32. The van der Waals surface area contributed by atoms with Gasteiger partial charge in [-0.2, -0.15) is 0 Å². The molecule has 3 atom stereocenters. The summed E-state index contributed by atoms with van der Waals surface area (Å²) in [4.78, 5) is 11.7. The second kappa shape index (κ2) is 3.87. The van der Waals surface area contributed by atoms with Gasteiger partial charge in [0, 0.05) is 5.92 Å². The maximum atomic E-state index is 11.7. The number of carbonyl (C=O) groups excluding carboxylic acids is 1. The highest BCUT2D eigenvalue weighted by Crippen LogP contribution is 2.45. The number of esters is 1. The van der Waals surface area contributed by atoms with Crippen molar-refractivity contribution >= 4 is 5.97 Å². The van der Waals surface area contributed by atoms with Crippen LogP contribution in [-0.4, -0.2) is 24.5 Å². The number of aryl methyl sites for hydroxylation is 1. The maximum Gasteiger partial charge on any atom is 0.309 e. The van der Waals surface area contributed by atoms with Gasteiger partial charge in [-0.25, -0.2) is 0 Å². The highest BCUT2D eigenvalue weighted by molar-refractivity contribution is 5.75. The standard InChI is InChI=1S/C14H14O5/c15-13-9-4-12-11(18-6-19-12)3-7(9)1-2-8-10(13)5-17-14(8)16/h3-4,8,10,13,15H,1-2,5-6H2/t8-,10-,13-/m0/s1. The summed E-state index contributed by atoms with van der Waals surface area (Å²) in [5, 5.41) is 10.5. The van der Waals surface area contributed by atoms with E-state index in [0.717, 1.165) is 23.3 Å². The second-order valence-electron chi connectivity index (χ2n) is 5.29. The normalized spacial score (nSPS) is 31.4. The Morgan fingerprint density at radius 3 is 2.79 bits per heavy atom. The van der Waals surface area contributed by atoms with Crippen LogP contribution in [0, 0.1) is 11.8 Å². The average molecular weight is 262 g/mol. The van der Waals surface area contributed by atoms with Crippen LogP contribution in [0.25, 0.3) is 0 Å². The van der Waals surface area contributed by atoms with Gasteiger partial charge in [0.05, 0.1) is 18.6 Å². The number of aliphatic hydroxyl groups is 1. The van der Waals surface area contributed by atoms with E-state index in [2.05, 4.69) is 0 Å². The van der Waals surface area contributed by atoms with E-state index in [-0.39, 0.29) is 24.6 Å². The lowest BCUT2D eigenvalue weighted by molar-refractivity contribution is -0.141. The van der Waals surface area contributed by atoms with Crippen molar-refractivity contribution in [1.29, 1.82) is 0 Å². The molecule has 1 fully saturated rings. The smallest absolute Gasteiger partial charge is 0.309 e. The Labute approximate surface area is 110 Å². The van der Waals surface area contributed by atoms with Crippen LogP contribution < -0.4 is 9.47 Å². The Morgan fingerprint density at radius 2 is 1.95 bits per heavy atom. The molecule has 0 radical (unpaired) electrons. The zero-order valence-electron chi connectivity index (χ0n) is 10.3. The SMILES string of the molecule is O=C1OC[C@H]2[C@@H]1CCc1cc3c(cc1[C@@H]2O)OCO3. The second-order valence-corrected chi connectivity index (χ2v) is 5.29. The number of hydrogen-bond donors (Lipinski definition) is 1. The van der Waals surface area contributed by atoms with E-state index in [0.29, 0.717) is 18.8 Å². The summed E-state index contributed by atoms with van der Waals surface area (Å²) < 4.78 is 15.8. The molecule has 0 saturated carbocycles. The number of cyclic esters (lactones) is 1. The molecule has 0 unspecified atom stereocenters. The fourth-order valence-corrected chi connectivity index (χ4v) is 3.25. The average Bonchev–Trinajstić information content (AvgIpc) is 2.97. The predicted molar refractivity (Wildman–Crippen MR) is 63.8 cm³/mol. The number of ether oxygens (including phenoxy) is 3. The van der Waals surface area contributed by atoms with Gasteiger partial charge in [-0.05, 0) is 36.1 Å². The van der Waals surface area contributed by atoms with Gasteiger partial charge in [0.2, 0.25) is 6.79 Å². The summed E-state index contributed by atoms with van der Waals surface area (Å²) in [6.07, 6.45) is 0.787. The first-order chi connectivity index (χ1) is 9.24. The van der Waals surface area contributed by atoms with Crippen molar-refractivity contribution in [3.8, 4) is 11.5 Å². The molecule has 0 spiro atoms. The number of benzene rings is 1. The van der Waals surface area contributed by atoms with E-state index in [1.807, 2.05) is 12.1 Å². The molecule has 1 saturated heterocycles. The fourth-order valence-electron chi connectivity index (χ4n) is 3.25. The van der Waals surface area contributed by atoms with E-state index < -0.39 is 6.10 Å². The molecule has 5 heteroatoms. The van der Waals surface area contributed by atoms with Crippen LogP contribution in [0.1, 0.15) is 23.7 Å². The minimum Gasteiger partial charge on any atom is -0.465 e. The van der Waals surface area contributed by atoms with Crippen LogP contribution >= 0.6 is 0 Å². The van der Waals surface area contributed by atoms with Crippen LogP contribution in [0.4, 0.5) is 0 Å². The third kappa shape index (κ3) is 1.54. The zero-order valence-corrected chi connectivity index (χ0v) is 10.3. The largest absolute Gasteiger partial charge is 0.465 e. The highest BCUT2D eigenvalue weighted by atomic mass is 16.7. The molecule has 2 heterocycles. The Balaban J connectivity index is 1.79. The summed E-state index contributed by atoms with van der Waals surface area (Å²) in [7, 11) is 0. The molecule has 2 aliphatic heterocycles. The summed E-state index contributed by atoms with van der Waals surface area (Å²) in [5.74, 6) is 0.868. The molecule has 5 nitrogen and oxygen atoms in total. The quantitative estimate of drug-likeness (QED) is 0.711. The molecule has 0 bridgehead atoms. The van der Waals surface area contributed by atoms with E-state index in [4.69, 9.17) is 14.2 Å². The number of hydrogen-bond acceptors (Lipinski definition) is 5. The molecule has 1 aromatic carbocycles. The van der Waals surface area contributed by atoms with Crippen LogP contribution in [-0.2, 0) is 16.0 Å². The fraction of sp³-hybridized carbons (Fsp3) is 0.500. The number of carbonyl (C=O) groups is 1. The van der Waals surface area contributed by atoms with Gasteiger partial charge in [-0.1, -0.05) is 0 Å². The van der Waals surface area contributed by atoms with E-state index in [1.54, 1.807) is 0 Å². The van der Waals surface area contributed by atoms with Crippen molar-refractivity contribution in [2.45, 2.75) is 18.9 Å². The number of aliphatic hydroxyl groups excluding tert-OH is 1. The Morgan fingerprint density at radius 1 is 1.16 bits per heavy atom. The summed E-state index contributed by atoms with van der Waals surface area (Å²) in [6.45, 7) is 0.528. The van der Waals surface area contributed by atoms with E-state index in [9.17, 15) is 9.90 Å². The molecular formula is C14H14O5. The molecular weight excluding hydrogens is 248 g/mol. The predicted octanol–water partition coefficient (Wildman–Crippen LogP) is 1.18. The number of rotatable bonds is 0. The monoisotopic (exact) mass is 262 g/mol. The van der Waals surface area contributed by atoms with Crippen molar-refractivity contribution in [2.24, 2.45) is 11.8 Å². The molecule has 0 amide bonds. The van der Waals surface area contributed by atoms with E-state index >= 15 is 0 Å². The van der Waals surface area contributed by atoms with Gasteiger partial charge in [-0.3, -0.25) is 4.79 Å². The Kier molecular flexibility index (Phi) is 2.26. The van der Waals surface area contributed by atoms with Crippen molar-refractivity contribution in [3.63, 3.8) is 0 Å². The zero-order chi connectivity index (χ0) is 13.0. The Hall–Kier alpha value is -1.75. The van der Waals surface area contributed by atoms with Crippen LogP contribution in [0.2, 0.25) is 0 Å². The minimum absolute atomic E-state index is 0.144. The van der Waals surface area contributed by atoms with Gasteiger partial charge in [0.25, 0.3) is 0 Å². The van der Waals surface area contributed by atoms with Crippen molar-refractivity contribution in [3.05, 3.63) is 23.3 Å². The molecule has 3 aliphatic rings. The molecule has 1 aliphatic carbocycles. The topological polar surface area (TPSA) is 65.0 Å². The molecule has 1 aromatic rings. The molecule has 1 N–H and O–H groups in total. The third-order valence-electron chi connectivity index (χ3n) is 4.32. The van der Waals surface area contributed by atoms with Gasteiger partial charge in [0.15, 0.2) is 11.5 Å². The lowest BCUT2D eigenvalue weighted by Crippen LogP contribution is -2.20. The molecule has 0 aromatic heterocycles. The van der Waals surface area contributed by atoms with Crippen molar-refractivity contribution in [2.75, 3.05) is 13.4 Å². The van der Waals surface area contributed by atoms with Crippen LogP contribution in [0.3, 0.4) is 0 Å². The van der Waals surface area contributed by atoms with Gasteiger partial charge in [-0.15, -0.1) is 0 Å². The van der Waals surface area contributed by atoms with E-state index in [1.165, 1.54) is 0 Å². The number of fused-ring (bicyclic) bond motifs is 3. The first kappa shape index (κ1) is 11.1. The summed E-state index contributed by atoms with van der Waals surface area (Å²) >= 11 is 0. The van der Waals surface area contributed by atoms with Gasteiger partial charge < -0.3 is 19.3 Å². The maximum absolute atomic E-state index is 11.7. The summed E-state index contributed by atoms with van der Waals surface area (Å²) in [5.41, 5.74) is 1.88. The highest BCUT2D eigenvalue weighted by Gasteiger charge is 2.44. The molecule has 4 rings (SSSR count). The van der Waals surface area contributed by atoms with Crippen molar-refractivity contribution < 1.29 is 24.1 Å².